The highest BCUT2D eigenvalue weighted by Gasteiger charge is 1.93. The van der Waals surface area contributed by atoms with Crippen molar-refractivity contribution in [2.45, 2.75) is 0 Å². The molecule has 0 aromatic heterocycles. The highest BCUT2D eigenvalue weighted by atomic mass is 15.2. The number of aliphatic imine (C=N–C) groups is 1. The van der Waals surface area contributed by atoms with Crippen LogP contribution in [0.4, 0.5) is 0 Å². The van der Waals surface area contributed by atoms with Crippen LogP contribution >= 0.6 is 0 Å². The van der Waals surface area contributed by atoms with Crippen molar-refractivity contribution < 1.29 is 1.41 Å². The molecule has 0 aliphatic heterocycles. The minimum Gasteiger partial charge on any atom is -0.370 e. The Hall–Kier alpha value is -1.26. The van der Waals surface area contributed by atoms with Crippen LogP contribution in [0.15, 0.2) is 4.99 Å². The van der Waals surface area contributed by atoms with Gasteiger partial charge in [0.1, 0.15) is 0 Å². The van der Waals surface area contributed by atoms with E-state index in [1.807, 2.05) is 5.73 Å². The van der Waals surface area contributed by atoms with Gasteiger partial charge in [0.15, 0.2) is 7.37 Å². The maximum atomic E-state index is 7.11. The predicted molar refractivity (Wildman–Crippen MR) is 37.2 cm³/mol. The molecule has 5 N–H and O–H groups in total. The molecule has 9 heavy (non-hydrogen) atoms. The Morgan fingerprint density at radius 2 is 2.33 bits per heavy atom. The molecule has 0 amide bonds. The van der Waals surface area contributed by atoms with Crippen molar-refractivity contribution in [3.63, 3.8) is 0 Å². The second kappa shape index (κ2) is 2.91. The fourth-order valence-corrected chi connectivity index (χ4v) is 0.214. The van der Waals surface area contributed by atoms with Gasteiger partial charge in [-0.1, -0.05) is 0 Å². The van der Waals surface area contributed by atoms with Gasteiger partial charge in [0.25, 0.3) is 0 Å². The maximum Gasteiger partial charge on any atom is 0.220 e. The molecule has 5 nitrogen and oxygen atoms in total. The lowest BCUT2D eigenvalue weighted by Gasteiger charge is -2.07. The molecule has 0 saturated carbocycles. The van der Waals surface area contributed by atoms with Crippen molar-refractivity contribution in [3.05, 3.63) is 0 Å². The molecule has 0 unspecified atom stereocenters. The number of nitrogens with zero attached hydrogens (tertiary/aromatic N) is 2. The van der Waals surface area contributed by atoms with Crippen molar-refractivity contribution in [2.24, 2.45) is 16.5 Å². The second-order valence-corrected chi connectivity index (χ2v) is 1.72. The van der Waals surface area contributed by atoms with Crippen LogP contribution in [0.1, 0.15) is 0 Å². The van der Waals surface area contributed by atoms with Crippen LogP contribution in [0.3, 0.4) is 0 Å². The van der Waals surface area contributed by atoms with Gasteiger partial charge in [0.2, 0.25) is 5.96 Å². The second-order valence-electron chi connectivity index (χ2n) is 1.72. The predicted octanol–water partition coefficient (Wildman–Crippen LogP) is -1.24. The van der Waals surface area contributed by atoms with Crippen molar-refractivity contribution >= 4 is 11.9 Å². The summed E-state index contributed by atoms with van der Waals surface area (Å²) < 4.78 is 6.52. The van der Waals surface area contributed by atoms with E-state index in [4.69, 9.17) is 12.6 Å². The van der Waals surface area contributed by atoms with E-state index in [2.05, 4.69) is 4.99 Å². The number of hydrogen-bond acceptors (Lipinski definition) is 1. The minimum atomic E-state index is -0.0845. The van der Waals surface area contributed by atoms with Gasteiger partial charge in [-0.15, -0.1) is 0 Å². The van der Waals surface area contributed by atoms with Crippen molar-refractivity contribution in [3.8, 4) is 0 Å². The molecule has 0 atom stereocenters. The molecule has 0 heterocycles. The summed E-state index contributed by atoms with van der Waals surface area (Å²) in [4.78, 5) is 4.98. The van der Waals surface area contributed by atoms with Crippen molar-refractivity contribution in [1.82, 2.24) is 4.90 Å². The van der Waals surface area contributed by atoms with E-state index in [0.29, 0.717) is 0 Å². The molecule has 0 fully saturated rings. The molecule has 0 aliphatic rings. The lowest BCUT2D eigenvalue weighted by molar-refractivity contribution is 0.609. The van der Waals surface area contributed by atoms with Gasteiger partial charge in [-0.3, -0.25) is 5.41 Å². The standard InChI is InChI=1S/C4H11N5/c1-9(2)4(7)8-3(5)6/h1-2H3,(H5,5,6,7,8)/i/hD. The van der Waals surface area contributed by atoms with Crippen molar-refractivity contribution in [2.75, 3.05) is 14.1 Å². The quantitative estimate of drug-likeness (QED) is 0.283. The molecular weight excluding hydrogens is 118 g/mol. The monoisotopic (exact) mass is 130 g/mol. The number of hydrogen-bond donors (Lipinski definition) is 3. The molecule has 0 aromatic carbocycles. The van der Waals surface area contributed by atoms with Gasteiger partial charge in [0.05, 0.1) is 0 Å². The molecular formula is C4H11N5. The van der Waals surface area contributed by atoms with Crippen LogP contribution in [-0.2, 0) is 0 Å². The van der Waals surface area contributed by atoms with E-state index < -0.39 is 0 Å². The molecule has 0 radical (unpaired) electrons. The summed E-state index contributed by atoms with van der Waals surface area (Å²) in [5, 5.41) is 7.11. The van der Waals surface area contributed by atoms with Crippen LogP contribution in [0.25, 0.3) is 0 Å². The molecule has 0 bridgehead atoms. The Labute approximate surface area is 55.3 Å². The van der Waals surface area contributed by atoms with E-state index in [1.165, 1.54) is 4.90 Å². The largest absolute Gasteiger partial charge is 0.370 e. The van der Waals surface area contributed by atoms with Crippen molar-refractivity contribution in [1.29, 1.82) is 5.41 Å². The number of nitrogens with two attached hydrogens (primary N) is 2. The van der Waals surface area contributed by atoms with E-state index in [1.54, 1.807) is 14.1 Å². The van der Waals surface area contributed by atoms with E-state index in [-0.39, 0.29) is 11.9 Å². The third-order valence-electron chi connectivity index (χ3n) is 0.650. The summed E-state index contributed by atoms with van der Waals surface area (Å²) in [5.74, 6) is -0.0732. The third kappa shape index (κ3) is 3.33. The molecule has 0 aliphatic carbocycles. The lowest BCUT2D eigenvalue weighted by Crippen LogP contribution is -2.28. The Morgan fingerprint density at radius 1 is 1.78 bits per heavy atom. The highest BCUT2D eigenvalue weighted by molar-refractivity contribution is 5.91. The van der Waals surface area contributed by atoms with Gasteiger partial charge in [-0.2, -0.15) is 4.99 Å². The SMILES string of the molecule is [2H]NC(N)=NC(=N)N(C)C. The Kier molecular flexibility index (Phi) is 1.90. The first-order valence-electron chi connectivity index (χ1n) is 2.85. The zero-order valence-corrected chi connectivity index (χ0v) is 5.47. The van der Waals surface area contributed by atoms with Crippen LogP contribution in [0, 0.1) is 5.41 Å². The van der Waals surface area contributed by atoms with E-state index >= 15 is 0 Å². The summed E-state index contributed by atoms with van der Waals surface area (Å²) in [6, 6.07) is 0. The first kappa shape index (κ1) is 5.87. The third-order valence-corrected chi connectivity index (χ3v) is 0.650. The Morgan fingerprint density at radius 3 is 2.67 bits per heavy atom. The topological polar surface area (TPSA) is 91.5 Å². The summed E-state index contributed by atoms with van der Waals surface area (Å²) in [5.41, 5.74) is 6.96. The fraction of sp³-hybridized carbons (Fsp3) is 0.500. The molecule has 5 heteroatoms. The van der Waals surface area contributed by atoms with Gasteiger partial charge in [-0.25, -0.2) is 0 Å². The van der Waals surface area contributed by atoms with Gasteiger partial charge >= 0.3 is 0 Å². The smallest absolute Gasteiger partial charge is 0.220 e. The molecule has 0 rings (SSSR count). The summed E-state index contributed by atoms with van der Waals surface area (Å²) in [7, 11) is 3.34. The first-order chi connectivity index (χ1) is 4.57. The summed E-state index contributed by atoms with van der Waals surface area (Å²) >= 11 is 0. The van der Waals surface area contributed by atoms with E-state index in [9.17, 15) is 0 Å². The summed E-state index contributed by atoms with van der Waals surface area (Å²) in [6.07, 6.45) is 0. The minimum absolute atomic E-state index is 0.0113. The molecule has 0 spiro atoms. The Balaban J connectivity index is 4.00. The Bertz CT molecular complexity index is 152. The fourth-order valence-electron chi connectivity index (χ4n) is 0.214. The van der Waals surface area contributed by atoms with Crippen LogP contribution in [0.5, 0.6) is 0 Å². The lowest BCUT2D eigenvalue weighted by atomic mass is 10.8. The number of nitrogens with one attached hydrogen (secondary N) is 1. The number of rotatable bonds is 0. The zero-order valence-electron chi connectivity index (χ0n) is 6.47. The van der Waals surface area contributed by atoms with Gasteiger partial charge in [0, 0.05) is 14.1 Å². The van der Waals surface area contributed by atoms with Gasteiger partial charge < -0.3 is 16.4 Å². The van der Waals surface area contributed by atoms with E-state index in [0.717, 1.165) is 0 Å². The molecule has 52 valence electrons. The highest BCUT2D eigenvalue weighted by Crippen LogP contribution is 1.78. The van der Waals surface area contributed by atoms with Crippen LogP contribution < -0.4 is 11.5 Å². The summed E-state index contributed by atoms with van der Waals surface area (Å²) in [6.45, 7) is 0. The average molecular weight is 130 g/mol. The average Bonchev–Trinajstić information content (AvgIpc) is 1.87. The first-order valence-corrected chi connectivity index (χ1v) is 2.35. The number of guanidine groups is 2. The maximum absolute atomic E-state index is 7.11. The zero-order chi connectivity index (χ0) is 8.15. The molecule has 0 saturated heterocycles. The van der Waals surface area contributed by atoms with Crippen LogP contribution in [-0.4, -0.2) is 30.9 Å². The molecule has 0 aromatic rings. The van der Waals surface area contributed by atoms with Gasteiger partial charge in [-0.05, 0) is 0 Å². The van der Waals surface area contributed by atoms with Crippen LogP contribution in [0.2, 0.25) is 1.41 Å². The normalized spacial score (nSPS) is 12.2.